The van der Waals surface area contributed by atoms with Crippen LogP contribution in [-0.4, -0.2) is 93.5 Å². The average Bonchev–Trinajstić information content (AvgIpc) is 3.75. The monoisotopic (exact) mass is 528 g/mol. The number of hydrogen-bond donors (Lipinski definition) is 0. The summed E-state index contributed by atoms with van der Waals surface area (Å²) in [5.41, 5.74) is 2.42. The highest BCUT2D eigenvalue weighted by molar-refractivity contribution is 7.57. The van der Waals surface area contributed by atoms with Crippen molar-refractivity contribution in [2.75, 3.05) is 65.4 Å². The third kappa shape index (κ3) is 5.43. The molecule has 0 spiro atoms. The summed E-state index contributed by atoms with van der Waals surface area (Å²) in [6.45, 7) is 10.4. The Morgan fingerprint density at radius 1 is 0.528 bits per heavy atom. The summed E-state index contributed by atoms with van der Waals surface area (Å²) in [5, 5.41) is 0. The SMILES string of the molecule is O=P(N1CC1)(N1CC1)N(CCCCN(Cc1ccccc1)P(=O)(N1CC1)N1CC1)Cc1ccccc1. The molecule has 0 N–H and O–H groups in total. The summed E-state index contributed by atoms with van der Waals surface area (Å²) in [6, 6.07) is 20.9. The zero-order chi connectivity index (χ0) is 24.6. The molecule has 2 aromatic rings. The minimum Gasteiger partial charge on any atom is -0.270 e. The molecule has 0 unspecified atom stereocenters. The van der Waals surface area contributed by atoms with Gasteiger partial charge in [0.1, 0.15) is 0 Å². The number of unbranched alkanes of at least 4 members (excludes halogenated alkanes) is 1. The zero-order valence-corrected chi connectivity index (χ0v) is 22.9. The Bertz CT molecular complexity index is 998. The quantitative estimate of drug-likeness (QED) is 0.193. The summed E-state index contributed by atoms with van der Waals surface area (Å²) in [7, 11) is -5.33. The van der Waals surface area contributed by atoms with Crippen LogP contribution in [0.15, 0.2) is 60.7 Å². The van der Waals surface area contributed by atoms with E-state index in [0.29, 0.717) is 13.1 Å². The van der Waals surface area contributed by atoms with Crippen molar-refractivity contribution >= 4 is 15.2 Å². The molecule has 4 saturated heterocycles. The van der Waals surface area contributed by atoms with E-state index in [4.69, 9.17) is 0 Å². The zero-order valence-electron chi connectivity index (χ0n) is 21.1. The van der Waals surface area contributed by atoms with Crippen LogP contribution in [0.1, 0.15) is 24.0 Å². The predicted octanol–water partition coefficient (Wildman–Crippen LogP) is 4.25. The van der Waals surface area contributed by atoms with Gasteiger partial charge in [-0.1, -0.05) is 60.7 Å². The summed E-state index contributed by atoms with van der Waals surface area (Å²) in [6.07, 6.45) is 1.87. The van der Waals surface area contributed by atoms with E-state index in [1.807, 2.05) is 12.1 Å². The normalized spacial score (nSPS) is 20.8. The molecule has 36 heavy (non-hydrogen) atoms. The van der Waals surface area contributed by atoms with Crippen molar-refractivity contribution in [1.82, 2.24) is 28.0 Å². The molecular weight excluding hydrogens is 490 g/mol. The van der Waals surface area contributed by atoms with E-state index in [9.17, 15) is 9.13 Å². The van der Waals surface area contributed by atoms with E-state index in [1.165, 1.54) is 11.1 Å². The Hall–Kier alpha value is -1.34. The standard InChI is InChI=1S/C26H38N6O2P2/c33-35(27-15-16-27,28-17-18-28)31(23-25-9-3-1-4-10-25)13-7-8-14-32(24-26-11-5-2-6-12-26)36(34,29-19-20-29)30-21-22-30/h1-6,9-12H,7-8,13-24H2. The lowest BCUT2D eigenvalue weighted by atomic mass is 10.2. The van der Waals surface area contributed by atoms with Gasteiger partial charge in [0.2, 0.25) is 0 Å². The Morgan fingerprint density at radius 2 is 0.833 bits per heavy atom. The number of rotatable bonds is 15. The topological polar surface area (TPSA) is 52.7 Å². The first kappa shape index (κ1) is 25.0. The Balaban J connectivity index is 1.14. The van der Waals surface area contributed by atoms with Gasteiger partial charge in [-0.3, -0.25) is 9.13 Å². The second-order valence-electron chi connectivity index (χ2n) is 10.3. The highest BCUT2D eigenvalue weighted by Gasteiger charge is 2.52. The lowest BCUT2D eigenvalue weighted by molar-refractivity contribution is 0.325. The van der Waals surface area contributed by atoms with Gasteiger partial charge in [0, 0.05) is 78.5 Å². The summed E-state index contributed by atoms with van der Waals surface area (Å²) in [5.74, 6) is 0. The maximum atomic E-state index is 14.3. The van der Waals surface area contributed by atoms with E-state index in [0.717, 1.165) is 78.3 Å². The second kappa shape index (κ2) is 10.4. The molecule has 8 nitrogen and oxygen atoms in total. The molecule has 4 aliphatic heterocycles. The van der Waals surface area contributed by atoms with Crippen LogP contribution in [-0.2, 0) is 22.2 Å². The number of benzene rings is 2. The van der Waals surface area contributed by atoms with Gasteiger partial charge in [-0.05, 0) is 24.0 Å². The van der Waals surface area contributed by atoms with E-state index in [-0.39, 0.29) is 0 Å². The van der Waals surface area contributed by atoms with Crippen LogP contribution in [0.5, 0.6) is 0 Å². The van der Waals surface area contributed by atoms with Crippen LogP contribution in [0.3, 0.4) is 0 Å². The lowest BCUT2D eigenvalue weighted by Gasteiger charge is -2.35. The van der Waals surface area contributed by atoms with Crippen molar-refractivity contribution in [3.63, 3.8) is 0 Å². The van der Waals surface area contributed by atoms with Crippen LogP contribution in [0.2, 0.25) is 0 Å². The largest absolute Gasteiger partial charge is 0.287 e. The van der Waals surface area contributed by atoms with Gasteiger partial charge < -0.3 is 0 Å². The second-order valence-corrected chi connectivity index (χ2v) is 15.7. The third-order valence-electron chi connectivity index (χ3n) is 7.40. The first-order chi connectivity index (χ1) is 17.6. The molecule has 0 saturated carbocycles. The first-order valence-electron chi connectivity index (χ1n) is 13.4. The van der Waals surface area contributed by atoms with Gasteiger partial charge in [-0.2, -0.15) is 0 Å². The van der Waals surface area contributed by atoms with Gasteiger partial charge in [-0.15, -0.1) is 0 Å². The Kier molecular flexibility index (Phi) is 7.24. The highest BCUT2D eigenvalue weighted by atomic mass is 31.2. The summed E-state index contributed by atoms with van der Waals surface area (Å²) >= 11 is 0. The van der Waals surface area contributed by atoms with Gasteiger partial charge in [-0.25, -0.2) is 28.0 Å². The number of nitrogens with zero attached hydrogens (tertiary/aromatic N) is 6. The molecule has 6 rings (SSSR count). The van der Waals surface area contributed by atoms with Gasteiger partial charge in [0.25, 0.3) is 15.2 Å². The minimum atomic E-state index is -2.66. The fourth-order valence-corrected chi connectivity index (χ4v) is 11.2. The molecule has 10 heteroatoms. The van der Waals surface area contributed by atoms with Crippen LogP contribution in [0.4, 0.5) is 0 Å². The van der Waals surface area contributed by atoms with Crippen molar-refractivity contribution in [3.8, 4) is 0 Å². The van der Waals surface area contributed by atoms with Gasteiger partial charge >= 0.3 is 0 Å². The van der Waals surface area contributed by atoms with Crippen molar-refractivity contribution in [3.05, 3.63) is 71.8 Å². The van der Waals surface area contributed by atoms with E-state index in [1.54, 1.807) is 0 Å². The maximum Gasteiger partial charge on any atom is 0.287 e. The average molecular weight is 529 g/mol. The molecule has 0 aromatic heterocycles. The highest BCUT2D eigenvalue weighted by Crippen LogP contribution is 2.64. The van der Waals surface area contributed by atoms with Crippen molar-refractivity contribution in [1.29, 1.82) is 0 Å². The molecule has 0 aliphatic carbocycles. The van der Waals surface area contributed by atoms with E-state index < -0.39 is 15.2 Å². The first-order valence-corrected chi connectivity index (χ1v) is 16.5. The molecule has 4 heterocycles. The fraction of sp³-hybridized carbons (Fsp3) is 0.538. The molecule has 0 amide bonds. The third-order valence-corrected chi connectivity index (χ3v) is 14.1. The van der Waals surface area contributed by atoms with Crippen molar-refractivity contribution < 1.29 is 9.13 Å². The molecule has 4 aliphatic rings. The molecule has 0 atom stereocenters. The predicted molar refractivity (Wildman–Crippen MR) is 144 cm³/mol. The summed E-state index contributed by atoms with van der Waals surface area (Å²) < 4.78 is 41.7. The minimum absolute atomic E-state index is 0.707. The Morgan fingerprint density at radius 3 is 1.11 bits per heavy atom. The molecule has 2 aromatic carbocycles. The van der Waals surface area contributed by atoms with Crippen molar-refractivity contribution in [2.24, 2.45) is 0 Å². The number of hydrogen-bond acceptors (Lipinski definition) is 2. The maximum absolute atomic E-state index is 14.3. The fourth-order valence-electron chi connectivity index (χ4n) is 5.07. The van der Waals surface area contributed by atoms with E-state index in [2.05, 4.69) is 76.6 Å². The summed E-state index contributed by atoms with van der Waals surface area (Å²) in [4.78, 5) is 0. The van der Waals surface area contributed by atoms with Crippen molar-refractivity contribution in [2.45, 2.75) is 25.9 Å². The van der Waals surface area contributed by atoms with Crippen LogP contribution < -0.4 is 0 Å². The molecule has 0 bridgehead atoms. The van der Waals surface area contributed by atoms with E-state index >= 15 is 0 Å². The molecule has 194 valence electrons. The van der Waals surface area contributed by atoms with Gasteiger partial charge in [0.05, 0.1) is 0 Å². The Labute approximate surface area is 215 Å². The van der Waals surface area contributed by atoms with Crippen LogP contribution in [0.25, 0.3) is 0 Å². The molecule has 4 fully saturated rings. The van der Waals surface area contributed by atoms with Crippen LogP contribution >= 0.6 is 15.2 Å². The smallest absolute Gasteiger partial charge is 0.270 e. The van der Waals surface area contributed by atoms with Gasteiger partial charge in [0.15, 0.2) is 0 Å². The molecular formula is C26H38N6O2P2. The lowest BCUT2D eigenvalue weighted by Crippen LogP contribution is -2.30. The molecule has 0 radical (unpaired) electrons. The van der Waals surface area contributed by atoms with Crippen LogP contribution in [0, 0.1) is 0 Å².